The topological polar surface area (TPSA) is 155 Å². The molecule has 1 saturated carbocycles. The Morgan fingerprint density at radius 1 is 0.952 bits per heavy atom. The number of anilines is 2. The maximum atomic E-state index is 14.0. The molecule has 2 saturated heterocycles. The second-order valence-electron chi connectivity index (χ2n) is 18.1. The number of rotatable bonds is 13. The smallest absolute Gasteiger partial charge is 0.293 e. The van der Waals surface area contributed by atoms with Gasteiger partial charge in [-0.3, -0.25) is 19.8 Å². The number of allylic oxidation sites excluding steroid dienone is 1. The van der Waals surface area contributed by atoms with Gasteiger partial charge in [0.25, 0.3) is 21.6 Å². The highest BCUT2D eigenvalue weighted by Gasteiger charge is 2.34. The summed E-state index contributed by atoms with van der Waals surface area (Å²) in [5.41, 5.74) is 5.50. The zero-order valence-electron chi connectivity index (χ0n) is 35.6. The summed E-state index contributed by atoms with van der Waals surface area (Å²) in [6, 6.07) is 23.2. The summed E-state index contributed by atoms with van der Waals surface area (Å²) in [7, 11) is -4.55. The number of hydrogen-bond acceptors (Lipinski definition) is 11. The molecule has 4 heterocycles. The van der Waals surface area contributed by atoms with Crippen LogP contribution in [0.5, 0.6) is 5.75 Å². The molecular weight excluding hydrogens is 840 g/mol. The summed E-state index contributed by atoms with van der Waals surface area (Å²) in [6.07, 6.45) is 10.6. The number of nitro benzene ring substituents is 1. The maximum Gasteiger partial charge on any atom is 0.293 e. The van der Waals surface area contributed by atoms with Crippen LogP contribution in [-0.4, -0.2) is 96.7 Å². The minimum absolute atomic E-state index is 0.0275. The lowest BCUT2D eigenvalue weighted by atomic mass is 9.72. The third kappa shape index (κ3) is 9.71. The number of sulfonamides is 1. The largest absolute Gasteiger partial charge is 0.377 e. The van der Waals surface area contributed by atoms with E-state index in [0.717, 1.165) is 100 Å². The van der Waals surface area contributed by atoms with Gasteiger partial charge >= 0.3 is 0 Å². The lowest BCUT2D eigenvalue weighted by molar-refractivity contribution is -0.384. The number of aromatic nitrogens is 2. The van der Waals surface area contributed by atoms with Gasteiger partial charge in [0.15, 0.2) is 11.4 Å². The molecule has 9 rings (SSSR count). The molecule has 2 aliphatic heterocycles. The van der Waals surface area contributed by atoms with Gasteiger partial charge < -0.3 is 20.0 Å². The van der Waals surface area contributed by atoms with Crippen LogP contribution < -0.4 is 19.8 Å². The third-order valence-electron chi connectivity index (χ3n) is 13.0. The number of likely N-dealkylation sites (tertiary alicyclic amines) is 1. The second kappa shape index (κ2) is 17.6. The van der Waals surface area contributed by atoms with Crippen molar-refractivity contribution in [1.82, 2.24) is 24.2 Å². The molecule has 2 aliphatic carbocycles. The first kappa shape index (κ1) is 42.8. The van der Waals surface area contributed by atoms with E-state index >= 15 is 0 Å². The quantitative estimate of drug-likeness (QED) is 0.0865. The standard InChI is InChI=1S/C47H53ClN8O6S/c1-47(2)19-15-34(41(30-47)32-5-7-35(48)8-6-32)31-52-24-26-54(27-25-52)38-11-13-40(44(28-38)62-55-23-16-33-4-3-20-49-45(33)55)46(57)51-63(60,61)39-12-14-42(43(29-39)56(58)59)50-36-17-21-53(22-18-36)37-9-10-37/h3-8,11-14,16,20,23,28-29,36-37,50H,9-10,15,17-19,21-22,24-27,30-31H2,1-2H3,(H,51,57). The first-order valence-electron chi connectivity index (χ1n) is 21.8. The summed E-state index contributed by atoms with van der Waals surface area (Å²) >= 11 is 6.25. The monoisotopic (exact) mass is 892 g/mol. The van der Waals surface area contributed by atoms with Crippen LogP contribution in [0.15, 0.2) is 102 Å². The Morgan fingerprint density at radius 2 is 1.71 bits per heavy atom. The van der Waals surface area contributed by atoms with E-state index < -0.39 is 25.7 Å². The van der Waals surface area contributed by atoms with E-state index in [1.807, 2.05) is 30.3 Å². The number of hydrogen-bond donors (Lipinski definition) is 2. The average molecular weight is 894 g/mol. The molecule has 5 aromatic rings. The Kier molecular flexibility index (Phi) is 12.0. The molecule has 63 heavy (non-hydrogen) atoms. The molecule has 2 aromatic heterocycles. The van der Waals surface area contributed by atoms with Crippen molar-refractivity contribution in [3.63, 3.8) is 0 Å². The zero-order valence-corrected chi connectivity index (χ0v) is 37.2. The minimum atomic E-state index is -4.55. The van der Waals surface area contributed by atoms with Crippen LogP contribution in [0, 0.1) is 15.5 Å². The number of carbonyl (C=O) groups is 1. The van der Waals surface area contributed by atoms with Crippen LogP contribution in [0.2, 0.25) is 5.02 Å². The van der Waals surface area contributed by atoms with Crippen molar-refractivity contribution in [2.45, 2.75) is 75.8 Å². The van der Waals surface area contributed by atoms with Crippen molar-refractivity contribution in [3.8, 4) is 5.75 Å². The summed E-state index contributed by atoms with van der Waals surface area (Å²) < 4.78 is 31.1. The first-order chi connectivity index (χ1) is 30.3. The van der Waals surface area contributed by atoms with Gasteiger partial charge in [-0.1, -0.05) is 43.2 Å². The number of carbonyl (C=O) groups excluding carboxylic acids is 1. The molecule has 0 unspecified atom stereocenters. The van der Waals surface area contributed by atoms with Crippen molar-refractivity contribution in [1.29, 1.82) is 0 Å². The number of piperidine rings is 1. The van der Waals surface area contributed by atoms with E-state index in [2.05, 4.69) is 55.7 Å². The fraction of sp³-hybridized carbons (Fsp3) is 0.404. The lowest BCUT2D eigenvalue weighted by Gasteiger charge is -2.39. The second-order valence-corrected chi connectivity index (χ2v) is 20.2. The van der Waals surface area contributed by atoms with Gasteiger partial charge in [0.2, 0.25) is 0 Å². The van der Waals surface area contributed by atoms with Crippen LogP contribution in [-0.2, 0) is 10.0 Å². The number of benzene rings is 3. The zero-order chi connectivity index (χ0) is 43.9. The number of amides is 1. The predicted molar refractivity (Wildman–Crippen MR) is 246 cm³/mol. The van der Waals surface area contributed by atoms with Crippen LogP contribution in [0.4, 0.5) is 17.1 Å². The van der Waals surface area contributed by atoms with E-state index in [1.54, 1.807) is 30.6 Å². The number of fused-ring (bicyclic) bond motifs is 1. The third-order valence-corrected chi connectivity index (χ3v) is 14.6. The molecule has 0 atom stereocenters. The molecule has 330 valence electrons. The Hall–Kier alpha value is -5.48. The van der Waals surface area contributed by atoms with Crippen molar-refractivity contribution in [2.24, 2.45) is 5.41 Å². The van der Waals surface area contributed by atoms with Crippen LogP contribution in [0.1, 0.15) is 74.7 Å². The molecule has 16 heteroatoms. The average Bonchev–Trinajstić information content (AvgIpc) is 4.05. The fourth-order valence-electron chi connectivity index (χ4n) is 9.25. The number of halogens is 1. The summed E-state index contributed by atoms with van der Waals surface area (Å²) in [5, 5.41) is 17.1. The van der Waals surface area contributed by atoms with Gasteiger partial charge in [0, 0.05) is 98.5 Å². The van der Waals surface area contributed by atoms with Crippen LogP contribution >= 0.6 is 11.6 Å². The van der Waals surface area contributed by atoms with Gasteiger partial charge in [0.1, 0.15) is 5.69 Å². The van der Waals surface area contributed by atoms with E-state index in [-0.39, 0.29) is 34.1 Å². The molecule has 0 spiro atoms. The van der Waals surface area contributed by atoms with Crippen molar-refractivity contribution in [3.05, 3.63) is 123 Å². The van der Waals surface area contributed by atoms with E-state index in [9.17, 15) is 23.3 Å². The van der Waals surface area contributed by atoms with Crippen molar-refractivity contribution >= 4 is 61.2 Å². The minimum Gasteiger partial charge on any atom is -0.377 e. The first-order valence-corrected chi connectivity index (χ1v) is 23.7. The SMILES string of the molecule is CC1(C)CCC(CN2CCN(c3ccc(C(=O)NS(=O)(=O)c4ccc(NC5CCN(C6CC6)CC5)c([N+](=O)[O-])c4)c(On4ccc5cccnc54)c3)CC2)=C(c2ccc(Cl)cc2)C1. The Labute approximate surface area is 373 Å². The molecule has 0 bridgehead atoms. The van der Waals surface area contributed by atoms with Crippen molar-refractivity contribution < 1.29 is 23.0 Å². The molecule has 3 aromatic carbocycles. The Balaban J connectivity index is 0.924. The summed E-state index contributed by atoms with van der Waals surface area (Å²) in [5.74, 6) is -0.829. The molecule has 4 aliphatic rings. The molecular formula is C47H53ClN8O6S. The highest BCUT2D eigenvalue weighted by molar-refractivity contribution is 7.90. The van der Waals surface area contributed by atoms with E-state index in [4.69, 9.17) is 16.4 Å². The predicted octanol–water partition coefficient (Wildman–Crippen LogP) is 8.38. The van der Waals surface area contributed by atoms with E-state index in [0.29, 0.717) is 11.7 Å². The van der Waals surface area contributed by atoms with Crippen molar-refractivity contribution in [2.75, 3.05) is 56.0 Å². The van der Waals surface area contributed by atoms with Gasteiger partial charge in [-0.25, -0.2) is 18.1 Å². The molecule has 1 amide bonds. The lowest BCUT2D eigenvalue weighted by Crippen LogP contribution is -2.47. The van der Waals surface area contributed by atoms with Gasteiger partial charge in [-0.15, -0.1) is 0 Å². The highest BCUT2D eigenvalue weighted by Crippen LogP contribution is 2.43. The highest BCUT2D eigenvalue weighted by atomic mass is 35.5. The number of piperazine rings is 1. The van der Waals surface area contributed by atoms with Crippen LogP contribution in [0.3, 0.4) is 0 Å². The number of pyridine rings is 1. The molecule has 2 N–H and O–H groups in total. The Morgan fingerprint density at radius 3 is 2.44 bits per heavy atom. The summed E-state index contributed by atoms with van der Waals surface area (Å²) in [6.45, 7) is 10.5. The van der Waals surface area contributed by atoms with E-state index in [1.165, 1.54) is 46.4 Å². The maximum absolute atomic E-state index is 14.0. The summed E-state index contributed by atoms with van der Waals surface area (Å²) in [4.78, 5) is 43.2. The van der Waals surface area contributed by atoms with Gasteiger partial charge in [-0.2, -0.15) is 4.73 Å². The number of nitrogens with zero attached hydrogens (tertiary/aromatic N) is 6. The van der Waals surface area contributed by atoms with Crippen LogP contribution in [0.25, 0.3) is 16.6 Å². The molecule has 3 fully saturated rings. The van der Waals surface area contributed by atoms with Gasteiger partial charge in [0.05, 0.1) is 15.4 Å². The fourth-order valence-corrected chi connectivity index (χ4v) is 10.4. The molecule has 0 radical (unpaired) electrons. The van der Waals surface area contributed by atoms with Gasteiger partial charge in [-0.05, 0) is 116 Å². The number of nitro groups is 1. The number of nitrogens with one attached hydrogen (secondary N) is 2. The molecule has 14 nitrogen and oxygen atoms in total. The normalized spacial score (nSPS) is 19.0. The Bertz CT molecular complexity index is 2670.